The number of aliphatic hydroxyl groups is 1. The lowest BCUT2D eigenvalue weighted by molar-refractivity contribution is 0.0601. The first-order chi connectivity index (χ1) is 22.4. The number of ether oxygens (including phenoxy) is 3. The van der Waals surface area contributed by atoms with E-state index in [1.165, 1.54) is 19.2 Å². The molecule has 46 heavy (non-hydrogen) atoms. The number of nitriles is 1. The maximum atomic E-state index is 14.4. The Morgan fingerprint density at radius 2 is 1.87 bits per heavy atom. The molecule has 0 aliphatic heterocycles. The number of carbonyl (C=O) groups excluding carboxylic acids is 1. The monoisotopic (exact) mass is 618 g/mol. The fourth-order valence-corrected chi connectivity index (χ4v) is 4.92. The van der Waals surface area contributed by atoms with Gasteiger partial charge in [-0.2, -0.15) is 5.26 Å². The fraction of sp³-hybridized carbons (Fsp3) is 0.222. The largest absolute Gasteiger partial charge is 0.473 e. The summed E-state index contributed by atoms with van der Waals surface area (Å²) < 4.78 is 32.4. The second-order valence-electron chi connectivity index (χ2n) is 10.3. The van der Waals surface area contributed by atoms with Crippen LogP contribution in [0.2, 0.25) is 0 Å². The molecule has 0 radical (unpaired) electrons. The Morgan fingerprint density at radius 1 is 1.02 bits per heavy atom. The SMILES string of the molecule is COCCn1c(Cc2ccc(-c3cccc(OCc4ccc(C#N)cc4F)n3)cc2C#CCCO)nc2ccc(C(=O)OC)cc21. The Labute approximate surface area is 265 Å². The van der Waals surface area contributed by atoms with Gasteiger partial charge < -0.3 is 23.9 Å². The van der Waals surface area contributed by atoms with Crippen LogP contribution in [-0.4, -0.2) is 53.0 Å². The highest BCUT2D eigenvalue weighted by Gasteiger charge is 2.16. The number of aromatic nitrogens is 3. The van der Waals surface area contributed by atoms with Gasteiger partial charge in [-0.15, -0.1) is 0 Å². The van der Waals surface area contributed by atoms with Crippen molar-refractivity contribution in [1.82, 2.24) is 14.5 Å². The minimum atomic E-state index is -0.517. The van der Waals surface area contributed by atoms with E-state index in [0.29, 0.717) is 48.7 Å². The van der Waals surface area contributed by atoms with Crippen LogP contribution in [0, 0.1) is 29.0 Å². The zero-order chi connectivity index (χ0) is 32.5. The Hall–Kier alpha value is -5.55. The van der Waals surface area contributed by atoms with Gasteiger partial charge in [0.1, 0.15) is 18.2 Å². The molecule has 2 aromatic heterocycles. The molecular weight excluding hydrogens is 587 g/mol. The second-order valence-corrected chi connectivity index (χ2v) is 10.3. The van der Waals surface area contributed by atoms with Crippen molar-refractivity contribution >= 4 is 17.0 Å². The summed E-state index contributed by atoms with van der Waals surface area (Å²) in [6.45, 7) is 0.874. The lowest BCUT2D eigenvalue weighted by atomic mass is 9.99. The Morgan fingerprint density at radius 3 is 2.63 bits per heavy atom. The Kier molecular flexibility index (Phi) is 10.4. The molecule has 5 rings (SSSR count). The molecule has 0 saturated carbocycles. The first kappa shape index (κ1) is 31.9. The summed E-state index contributed by atoms with van der Waals surface area (Å²) in [5.41, 5.74) is 5.62. The van der Waals surface area contributed by atoms with Gasteiger partial charge in [-0.25, -0.2) is 19.2 Å². The third-order valence-corrected chi connectivity index (χ3v) is 7.26. The lowest BCUT2D eigenvalue weighted by Gasteiger charge is -2.12. The Balaban J connectivity index is 1.46. The molecular formula is C36H31FN4O5. The zero-order valence-electron chi connectivity index (χ0n) is 25.4. The zero-order valence-corrected chi connectivity index (χ0v) is 25.4. The standard InChI is InChI=1S/C36H31FN4O5/c1-44-17-15-41-33-20-28(36(43)45-2)13-14-32(33)39-34(41)21-26-11-12-27(19-25(26)6-3-4-16-42)31-7-5-8-35(40-31)46-23-29-10-9-24(22-38)18-30(29)37/h5,7-14,18-20,42H,4,15-17,21,23H2,1-2H3. The highest BCUT2D eigenvalue weighted by Crippen LogP contribution is 2.26. The maximum Gasteiger partial charge on any atom is 0.337 e. The molecule has 1 N–H and O–H groups in total. The van der Waals surface area contributed by atoms with Crippen LogP contribution in [-0.2, 0) is 29.0 Å². The summed E-state index contributed by atoms with van der Waals surface area (Å²) >= 11 is 0. The number of esters is 1. The number of hydrogen-bond donors (Lipinski definition) is 1. The number of carbonyl (C=O) groups is 1. The third-order valence-electron chi connectivity index (χ3n) is 7.26. The van der Waals surface area contributed by atoms with Crippen LogP contribution >= 0.6 is 0 Å². The summed E-state index contributed by atoms with van der Waals surface area (Å²) in [6.07, 6.45) is 0.766. The molecule has 10 heteroatoms. The lowest BCUT2D eigenvalue weighted by Crippen LogP contribution is -2.10. The van der Waals surface area contributed by atoms with Crippen molar-refractivity contribution in [2.24, 2.45) is 0 Å². The maximum absolute atomic E-state index is 14.4. The van der Waals surface area contributed by atoms with Crippen molar-refractivity contribution in [2.75, 3.05) is 27.4 Å². The van der Waals surface area contributed by atoms with Crippen molar-refractivity contribution in [3.8, 4) is 35.0 Å². The number of rotatable bonds is 11. The first-order valence-corrected chi connectivity index (χ1v) is 14.5. The molecule has 3 aromatic carbocycles. The van der Waals surface area contributed by atoms with Gasteiger partial charge >= 0.3 is 5.97 Å². The number of benzene rings is 3. The van der Waals surface area contributed by atoms with E-state index in [0.717, 1.165) is 33.5 Å². The molecule has 0 aliphatic rings. The highest BCUT2D eigenvalue weighted by molar-refractivity contribution is 5.93. The van der Waals surface area contributed by atoms with Gasteiger partial charge in [-0.3, -0.25) is 0 Å². The molecule has 9 nitrogen and oxygen atoms in total. The van der Waals surface area contributed by atoms with Gasteiger partial charge in [0, 0.05) is 49.3 Å². The average Bonchev–Trinajstić information content (AvgIpc) is 3.42. The number of fused-ring (bicyclic) bond motifs is 1. The van der Waals surface area contributed by atoms with E-state index in [2.05, 4.69) is 16.8 Å². The number of aliphatic hydroxyl groups excluding tert-OH is 1. The predicted molar refractivity (Wildman–Crippen MR) is 169 cm³/mol. The quantitative estimate of drug-likeness (QED) is 0.153. The minimum Gasteiger partial charge on any atom is -0.473 e. The average molecular weight is 619 g/mol. The number of nitrogens with zero attached hydrogens (tertiary/aromatic N) is 4. The molecule has 0 atom stereocenters. The summed E-state index contributed by atoms with van der Waals surface area (Å²) in [4.78, 5) is 21.7. The normalized spacial score (nSPS) is 10.7. The topological polar surface area (TPSA) is 119 Å². The number of methoxy groups -OCH3 is 2. The van der Waals surface area contributed by atoms with Crippen LogP contribution in [0.15, 0.2) is 72.8 Å². The molecule has 0 unspecified atom stereocenters. The van der Waals surface area contributed by atoms with Crippen LogP contribution < -0.4 is 4.74 Å². The molecule has 0 amide bonds. The molecule has 0 fully saturated rings. The van der Waals surface area contributed by atoms with Crippen LogP contribution in [0.25, 0.3) is 22.3 Å². The van der Waals surface area contributed by atoms with Crippen LogP contribution in [0.5, 0.6) is 5.88 Å². The summed E-state index contributed by atoms with van der Waals surface area (Å²) in [7, 11) is 2.98. The van der Waals surface area contributed by atoms with E-state index in [1.807, 2.05) is 34.9 Å². The van der Waals surface area contributed by atoms with Gasteiger partial charge in [0.25, 0.3) is 0 Å². The van der Waals surface area contributed by atoms with Crippen molar-refractivity contribution in [2.45, 2.75) is 26.0 Å². The molecule has 0 spiro atoms. The van der Waals surface area contributed by atoms with Crippen molar-refractivity contribution in [3.05, 3.63) is 112 Å². The van der Waals surface area contributed by atoms with Gasteiger partial charge in [-0.05, 0) is 48.0 Å². The van der Waals surface area contributed by atoms with Gasteiger partial charge in [0.05, 0.1) is 54.2 Å². The van der Waals surface area contributed by atoms with Crippen LogP contribution in [0.4, 0.5) is 4.39 Å². The Bertz CT molecular complexity index is 1990. The molecule has 232 valence electrons. The first-order valence-electron chi connectivity index (χ1n) is 14.5. The summed E-state index contributed by atoms with van der Waals surface area (Å²) in [6, 6.07) is 22.6. The smallest absolute Gasteiger partial charge is 0.337 e. The predicted octanol–water partition coefficient (Wildman–Crippen LogP) is 5.45. The number of hydrogen-bond acceptors (Lipinski definition) is 8. The number of pyridine rings is 1. The van der Waals surface area contributed by atoms with E-state index in [-0.39, 0.29) is 18.8 Å². The van der Waals surface area contributed by atoms with Gasteiger partial charge in [-0.1, -0.05) is 36.1 Å². The van der Waals surface area contributed by atoms with Crippen LogP contribution in [0.1, 0.15) is 44.9 Å². The molecule has 0 bridgehead atoms. The van der Waals surface area contributed by atoms with E-state index in [1.54, 1.807) is 43.5 Å². The summed E-state index contributed by atoms with van der Waals surface area (Å²) in [5, 5.41) is 18.3. The molecule has 0 aliphatic carbocycles. The molecule has 2 heterocycles. The summed E-state index contributed by atoms with van der Waals surface area (Å²) in [5.74, 6) is 6.36. The third kappa shape index (κ3) is 7.39. The second kappa shape index (κ2) is 15.0. The number of halogens is 1. The number of imidazole rings is 1. The van der Waals surface area contributed by atoms with E-state index in [4.69, 9.17) is 24.5 Å². The van der Waals surface area contributed by atoms with E-state index < -0.39 is 11.8 Å². The fourth-order valence-electron chi connectivity index (χ4n) is 4.92. The van der Waals surface area contributed by atoms with Crippen molar-refractivity contribution < 1.29 is 28.5 Å². The van der Waals surface area contributed by atoms with Crippen molar-refractivity contribution in [3.63, 3.8) is 0 Å². The minimum absolute atomic E-state index is 0.0456. The van der Waals surface area contributed by atoms with Gasteiger partial charge in [0.15, 0.2) is 0 Å². The highest BCUT2D eigenvalue weighted by atomic mass is 19.1. The van der Waals surface area contributed by atoms with Crippen LogP contribution in [0.3, 0.4) is 0 Å². The van der Waals surface area contributed by atoms with Gasteiger partial charge in [0.2, 0.25) is 5.88 Å². The van der Waals surface area contributed by atoms with Crippen molar-refractivity contribution in [1.29, 1.82) is 5.26 Å². The van der Waals surface area contributed by atoms with E-state index in [9.17, 15) is 14.3 Å². The molecule has 5 aromatic rings. The van der Waals surface area contributed by atoms with E-state index >= 15 is 0 Å². The molecule has 0 saturated heterocycles.